The van der Waals surface area contributed by atoms with Crippen molar-refractivity contribution in [1.82, 2.24) is 4.98 Å². The Kier molecular flexibility index (Phi) is 5.46. The van der Waals surface area contributed by atoms with Gasteiger partial charge in [0.1, 0.15) is 11.8 Å². The van der Waals surface area contributed by atoms with Crippen molar-refractivity contribution in [2.24, 2.45) is 0 Å². The number of nitrogens with zero attached hydrogens (tertiary/aromatic N) is 2. The zero-order valence-corrected chi connectivity index (χ0v) is 19.0. The second-order valence-corrected chi connectivity index (χ2v) is 8.73. The van der Waals surface area contributed by atoms with Crippen molar-refractivity contribution in [3.8, 4) is 0 Å². The first kappa shape index (κ1) is 21.6. The number of carbonyl (C=O) groups is 2. The van der Waals surface area contributed by atoms with Gasteiger partial charge in [-0.05, 0) is 52.6 Å². The number of carbonyl (C=O) groups excluding carboxylic acids is 2. The summed E-state index contributed by atoms with van der Waals surface area (Å²) in [7, 11) is 0. The molecule has 1 atom stereocenters. The molecule has 5 heteroatoms. The number of fused-ring (bicyclic) bond motifs is 1. The van der Waals surface area contributed by atoms with Crippen LogP contribution in [-0.4, -0.2) is 21.8 Å². The van der Waals surface area contributed by atoms with Gasteiger partial charge >= 0.3 is 0 Å². The highest BCUT2D eigenvalue weighted by atomic mass is 16.3. The van der Waals surface area contributed by atoms with Crippen LogP contribution in [0.25, 0.3) is 16.5 Å². The Hall–Kier alpha value is -4.25. The third-order valence-electron chi connectivity index (χ3n) is 6.27. The molecule has 34 heavy (non-hydrogen) atoms. The van der Waals surface area contributed by atoms with Crippen molar-refractivity contribution in [2.45, 2.75) is 25.8 Å². The van der Waals surface area contributed by atoms with Gasteiger partial charge in [0.05, 0.1) is 11.3 Å². The number of aliphatic hydroxyl groups excluding tert-OH is 1. The Morgan fingerprint density at radius 1 is 0.882 bits per heavy atom. The first-order chi connectivity index (χ1) is 16.5. The van der Waals surface area contributed by atoms with Crippen LogP contribution in [0.1, 0.15) is 42.6 Å². The topological polar surface area (TPSA) is 70.5 Å². The SMILES string of the molecule is CC(C)c1ccc(N2C(=O)C(=O)/C(=C(\O)c3ccc4ccccc4c3)C2c2ccccn2)cc1. The molecular weight excluding hydrogens is 424 g/mol. The molecule has 0 aliphatic carbocycles. The average molecular weight is 449 g/mol. The number of anilines is 1. The van der Waals surface area contributed by atoms with Crippen molar-refractivity contribution in [1.29, 1.82) is 0 Å². The van der Waals surface area contributed by atoms with Crippen LogP contribution in [0.15, 0.2) is 96.7 Å². The molecule has 168 valence electrons. The minimum atomic E-state index is -0.836. The monoisotopic (exact) mass is 448 g/mol. The van der Waals surface area contributed by atoms with Crippen LogP contribution in [-0.2, 0) is 9.59 Å². The van der Waals surface area contributed by atoms with E-state index in [4.69, 9.17) is 0 Å². The van der Waals surface area contributed by atoms with Gasteiger partial charge in [-0.3, -0.25) is 19.5 Å². The molecule has 5 rings (SSSR count). The fourth-order valence-corrected chi connectivity index (χ4v) is 4.43. The molecule has 4 aromatic rings. The van der Waals surface area contributed by atoms with Gasteiger partial charge in [-0.2, -0.15) is 0 Å². The highest BCUT2D eigenvalue weighted by molar-refractivity contribution is 6.51. The number of ketones is 1. The lowest BCUT2D eigenvalue weighted by Gasteiger charge is -2.25. The van der Waals surface area contributed by atoms with E-state index in [2.05, 4.69) is 18.8 Å². The number of hydrogen-bond acceptors (Lipinski definition) is 4. The highest BCUT2D eigenvalue weighted by Gasteiger charge is 2.47. The number of rotatable bonds is 4. The predicted molar refractivity (Wildman–Crippen MR) is 133 cm³/mol. The third-order valence-corrected chi connectivity index (χ3v) is 6.27. The predicted octanol–water partition coefficient (Wildman–Crippen LogP) is 5.98. The molecule has 1 fully saturated rings. The van der Waals surface area contributed by atoms with Crippen LogP contribution in [0, 0.1) is 0 Å². The molecule has 1 aliphatic rings. The molecule has 2 heterocycles. The summed E-state index contributed by atoms with van der Waals surface area (Å²) < 4.78 is 0. The van der Waals surface area contributed by atoms with Crippen LogP contribution in [0.3, 0.4) is 0 Å². The van der Waals surface area contributed by atoms with Crippen molar-refractivity contribution in [2.75, 3.05) is 4.90 Å². The fraction of sp³-hybridized carbons (Fsp3) is 0.138. The standard InChI is InChI=1S/C29H24N2O3/c1-18(2)19-12-14-23(15-13-19)31-26(24-9-5-6-16-30-24)25(28(33)29(31)34)27(32)22-11-10-20-7-3-4-8-21(20)17-22/h3-18,26,32H,1-2H3/b27-25-. The van der Waals surface area contributed by atoms with Crippen molar-refractivity contribution >= 4 is 33.9 Å². The maximum atomic E-state index is 13.3. The summed E-state index contributed by atoms with van der Waals surface area (Å²) in [5.74, 6) is -1.28. The minimum absolute atomic E-state index is 0.0342. The van der Waals surface area contributed by atoms with E-state index in [0.29, 0.717) is 22.9 Å². The van der Waals surface area contributed by atoms with E-state index >= 15 is 0 Å². The number of amides is 1. The van der Waals surface area contributed by atoms with E-state index in [1.807, 2.05) is 60.7 Å². The zero-order chi connectivity index (χ0) is 23.8. The second kappa shape index (κ2) is 8.60. The van der Waals surface area contributed by atoms with E-state index in [9.17, 15) is 14.7 Å². The van der Waals surface area contributed by atoms with Crippen LogP contribution in [0.2, 0.25) is 0 Å². The van der Waals surface area contributed by atoms with Crippen LogP contribution < -0.4 is 4.90 Å². The number of Topliss-reactive ketones (excluding diaryl/α,β-unsaturated/α-hetero) is 1. The molecule has 1 unspecified atom stereocenters. The molecule has 1 saturated heterocycles. The molecule has 1 aromatic heterocycles. The lowest BCUT2D eigenvalue weighted by molar-refractivity contribution is -0.132. The number of pyridine rings is 1. The van der Waals surface area contributed by atoms with E-state index in [1.54, 1.807) is 30.5 Å². The van der Waals surface area contributed by atoms with Gasteiger partial charge in [0, 0.05) is 17.4 Å². The summed E-state index contributed by atoms with van der Waals surface area (Å²) in [6.45, 7) is 4.19. The number of hydrogen-bond donors (Lipinski definition) is 1. The van der Waals surface area contributed by atoms with Gasteiger partial charge in [0.15, 0.2) is 0 Å². The Balaban J connectivity index is 1.69. The normalized spacial score (nSPS) is 17.6. The van der Waals surface area contributed by atoms with Crippen molar-refractivity contribution < 1.29 is 14.7 Å². The van der Waals surface area contributed by atoms with Crippen LogP contribution in [0.4, 0.5) is 5.69 Å². The van der Waals surface area contributed by atoms with Gasteiger partial charge in [-0.15, -0.1) is 0 Å². The zero-order valence-electron chi connectivity index (χ0n) is 19.0. The number of benzene rings is 3. The van der Waals surface area contributed by atoms with Gasteiger partial charge < -0.3 is 5.11 Å². The molecule has 1 amide bonds. The molecule has 1 aliphatic heterocycles. The lowest BCUT2D eigenvalue weighted by atomic mass is 9.96. The molecule has 0 bridgehead atoms. The van der Waals surface area contributed by atoms with Crippen LogP contribution in [0.5, 0.6) is 0 Å². The summed E-state index contributed by atoms with van der Waals surface area (Å²) in [5, 5.41) is 13.3. The average Bonchev–Trinajstić information content (AvgIpc) is 3.14. The maximum absolute atomic E-state index is 13.3. The summed E-state index contributed by atoms with van der Waals surface area (Å²) in [4.78, 5) is 32.4. The smallest absolute Gasteiger partial charge is 0.300 e. The first-order valence-corrected chi connectivity index (χ1v) is 11.3. The number of aromatic nitrogens is 1. The summed E-state index contributed by atoms with van der Waals surface area (Å²) >= 11 is 0. The fourth-order valence-electron chi connectivity index (χ4n) is 4.43. The summed E-state index contributed by atoms with van der Waals surface area (Å²) in [6, 6.07) is 25.4. The van der Waals surface area contributed by atoms with Crippen molar-refractivity contribution in [3.05, 3.63) is 114 Å². The van der Waals surface area contributed by atoms with Gasteiger partial charge in [-0.1, -0.05) is 68.4 Å². The summed E-state index contributed by atoms with van der Waals surface area (Å²) in [5.41, 5.74) is 2.74. The first-order valence-electron chi connectivity index (χ1n) is 11.3. The van der Waals surface area contributed by atoms with E-state index in [0.717, 1.165) is 16.3 Å². The Morgan fingerprint density at radius 3 is 2.26 bits per heavy atom. The van der Waals surface area contributed by atoms with Crippen molar-refractivity contribution in [3.63, 3.8) is 0 Å². The van der Waals surface area contributed by atoms with E-state index in [-0.39, 0.29) is 11.3 Å². The summed E-state index contributed by atoms with van der Waals surface area (Å²) in [6.07, 6.45) is 1.62. The quantitative estimate of drug-likeness (QED) is 0.237. The van der Waals surface area contributed by atoms with Gasteiger partial charge in [0.25, 0.3) is 11.7 Å². The van der Waals surface area contributed by atoms with Gasteiger partial charge in [-0.25, -0.2) is 0 Å². The lowest BCUT2D eigenvalue weighted by Crippen LogP contribution is -2.29. The third kappa shape index (κ3) is 3.65. The molecule has 0 radical (unpaired) electrons. The molecule has 0 spiro atoms. The molecule has 0 saturated carbocycles. The molecule has 3 aromatic carbocycles. The van der Waals surface area contributed by atoms with Gasteiger partial charge in [0.2, 0.25) is 0 Å². The maximum Gasteiger partial charge on any atom is 0.300 e. The number of aliphatic hydroxyl groups is 1. The van der Waals surface area contributed by atoms with E-state index < -0.39 is 17.7 Å². The largest absolute Gasteiger partial charge is 0.507 e. The molecule has 5 nitrogen and oxygen atoms in total. The Morgan fingerprint density at radius 2 is 1.59 bits per heavy atom. The molecule has 1 N–H and O–H groups in total. The van der Waals surface area contributed by atoms with E-state index in [1.165, 1.54) is 4.90 Å². The minimum Gasteiger partial charge on any atom is -0.507 e. The highest BCUT2D eigenvalue weighted by Crippen LogP contribution is 2.41. The second-order valence-electron chi connectivity index (χ2n) is 8.73. The van der Waals surface area contributed by atoms with Crippen LogP contribution >= 0.6 is 0 Å². The Labute approximate surface area is 198 Å². The molecular formula is C29H24N2O3. The Bertz CT molecular complexity index is 1420.